The molecular weight excluding hydrogens is 415 g/mol. The molecule has 1 amide bonds. The lowest BCUT2D eigenvalue weighted by atomic mass is 10.1. The van der Waals surface area contributed by atoms with Crippen molar-refractivity contribution >= 4 is 34.2 Å². The van der Waals surface area contributed by atoms with E-state index in [1.54, 1.807) is 6.92 Å². The quantitative estimate of drug-likeness (QED) is 0.701. The van der Waals surface area contributed by atoms with Gasteiger partial charge in [-0.1, -0.05) is 6.92 Å². The van der Waals surface area contributed by atoms with Gasteiger partial charge in [0, 0.05) is 13.1 Å². The van der Waals surface area contributed by atoms with E-state index in [1.807, 2.05) is 0 Å². The fraction of sp³-hybridized carbons (Fsp3) is 0.412. The molecule has 0 aliphatic carbocycles. The molecule has 1 N–H and O–H groups in total. The van der Waals surface area contributed by atoms with Crippen LogP contribution in [0.3, 0.4) is 0 Å². The first-order chi connectivity index (χ1) is 13.5. The highest BCUT2D eigenvalue weighted by Crippen LogP contribution is 2.35. The number of aryl methyl sites for hydroxylation is 1. The predicted molar refractivity (Wildman–Crippen MR) is 97.1 cm³/mol. The van der Waals surface area contributed by atoms with Gasteiger partial charge in [-0.3, -0.25) is 9.48 Å². The van der Waals surface area contributed by atoms with Gasteiger partial charge in [0.2, 0.25) is 0 Å². The lowest BCUT2D eigenvalue weighted by Gasteiger charge is -2.06. The van der Waals surface area contributed by atoms with E-state index in [4.69, 9.17) is 4.74 Å². The molecule has 2 rings (SSSR count). The van der Waals surface area contributed by atoms with E-state index in [9.17, 15) is 27.6 Å². The van der Waals surface area contributed by atoms with Crippen LogP contribution in [0.5, 0.6) is 0 Å². The van der Waals surface area contributed by atoms with Gasteiger partial charge in [-0.15, -0.1) is 11.3 Å². The van der Waals surface area contributed by atoms with E-state index in [-0.39, 0.29) is 27.6 Å². The summed E-state index contributed by atoms with van der Waals surface area (Å²) in [7, 11) is 2.21. The number of rotatable bonds is 6. The molecule has 0 atom stereocenters. The number of esters is 2. The maximum Gasteiger partial charge on any atom is 0.433 e. The van der Waals surface area contributed by atoms with E-state index in [2.05, 4.69) is 15.2 Å². The Kier molecular flexibility index (Phi) is 6.67. The van der Waals surface area contributed by atoms with Gasteiger partial charge in [0.25, 0.3) is 5.91 Å². The number of carbonyl (C=O) groups excluding carboxylic acids is 3. The Hall–Kier alpha value is -2.89. The first-order valence-electron chi connectivity index (χ1n) is 8.32. The number of halogens is 3. The second kappa shape index (κ2) is 8.64. The zero-order chi connectivity index (χ0) is 21.9. The Labute approximate surface area is 167 Å². The molecular formula is C17H18F3N3O5S. The Balaban J connectivity index is 2.42. The van der Waals surface area contributed by atoms with Crippen LogP contribution in [0.2, 0.25) is 0 Å². The van der Waals surface area contributed by atoms with Gasteiger partial charge < -0.3 is 14.8 Å². The molecule has 0 aliphatic rings. The van der Waals surface area contributed by atoms with Crippen LogP contribution >= 0.6 is 11.3 Å². The van der Waals surface area contributed by atoms with Crippen LogP contribution in [-0.4, -0.2) is 41.3 Å². The van der Waals surface area contributed by atoms with E-state index in [0.29, 0.717) is 17.2 Å². The summed E-state index contributed by atoms with van der Waals surface area (Å²) in [6.07, 6.45) is -4.14. The average molecular weight is 433 g/mol. The van der Waals surface area contributed by atoms with Crippen molar-refractivity contribution in [1.82, 2.24) is 9.78 Å². The molecule has 158 valence electrons. The van der Waals surface area contributed by atoms with Gasteiger partial charge in [-0.05, 0) is 18.9 Å². The van der Waals surface area contributed by atoms with Gasteiger partial charge in [0.15, 0.2) is 5.69 Å². The van der Waals surface area contributed by atoms with Gasteiger partial charge in [-0.25, -0.2) is 9.59 Å². The van der Waals surface area contributed by atoms with E-state index in [0.717, 1.165) is 25.5 Å². The number of aromatic nitrogens is 2. The number of nitrogens with one attached hydrogen (secondary N) is 1. The molecule has 0 radical (unpaired) electrons. The van der Waals surface area contributed by atoms with Crippen molar-refractivity contribution in [3.63, 3.8) is 0 Å². The standard InChI is InChI=1S/C17H18F3N3O5S/c1-5-6-28-15(25)11-8(2)12(16(26)27-4)29-14(11)21-13(24)9-7-10(17(18,19)20)23(3)22-9/h7H,5-6H2,1-4H3,(H,21,24). The summed E-state index contributed by atoms with van der Waals surface area (Å²) in [5.41, 5.74) is -1.44. The molecule has 0 saturated carbocycles. The highest BCUT2D eigenvalue weighted by atomic mass is 32.1. The van der Waals surface area contributed by atoms with Crippen molar-refractivity contribution < 1.29 is 37.0 Å². The highest BCUT2D eigenvalue weighted by Gasteiger charge is 2.36. The molecule has 2 aromatic rings. The fourth-order valence-corrected chi connectivity index (χ4v) is 3.52. The monoisotopic (exact) mass is 433 g/mol. The van der Waals surface area contributed by atoms with Crippen molar-refractivity contribution in [3.8, 4) is 0 Å². The molecule has 0 aromatic carbocycles. The predicted octanol–water partition coefficient (Wildman–Crippen LogP) is 3.41. The van der Waals surface area contributed by atoms with Crippen LogP contribution in [-0.2, 0) is 22.7 Å². The number of thiophene rings is 1. The van der Waals surface area contributed by atoms with Gasteiger partial charge in [-0.2, -0.15) is 18.3 Å². The molecule has 8 nitrogen and oxygen atoms in total. The number of hydrogen-bond donors (Lipinski definition) is 1. The Bertz CT molecular complexity index is 949. The number of carbonyl (C=O) groups is 3. The van der Waals surface area contributed by atoms with Crippen molar-refractivity contribution in [2.45, 2.75) is 26.4 Å². The zero-order valence-corrected chi connectivity index (χ0v) is 16.8. The van der Waals surface area contributed by atoms with Crippen LogP contribution < -0.4 is 5.32 Å². The number of methoxy groups -OCH3 is 1. The van der Waals surface area contributed by atoms with Crippen molar-refractivity contribution in [2.75, 3.05) is 19.0 Å². The summed E-state index contributed by atoms with van der Waals surface area (Å²) >= 11 is 0.756. The zero-order valence-electron chi connectivity index (χ0n) is 16.0. The summed E-state index contributed by atoms with van der Waals surface area (Å²) in [5, 5.41) is 5.86. The molecule has 2 aromatic heterocycles. The SMILES string of the molecule is CCCOC(=O)c1c(NC(=O)c2cc(C(F)(F)F)n(C)n2)sc(C(=O)OC)c1C. The highest BCUT2D eigenvalue weighted by molar-refractivity contribution is 7.18. The molecule has 12 heteroatoms. The summed E-state index contributed by atoms with van der Waals surface area (Å²) in [6.45, 7) is 3.38. The summed E-state index contributed by atoms with van der Waals surface area (Å²) < 4.78 is 49.0. The van der Waals surface area contributed by atoms with Crippen LogP contribution in [0.1, 0.15) is 55.1 Å². The van der Waals surface area contributed by atoms with Gasteiger partial charge in [0.1, 0.15) is 15.6 Å². The second-order valence-electron chi connectivity index (χ2n) is 5.88. The maximum atomic E-state index is 12.9. The molecule has 29 heavy (non-hydrogen) atoms. The van der Waals surface area contributed by atoms with Crippen molar-refractivity contribution in [1.29, 1.82) is 0 Å². The number of amides is 1. The van der Waals surface area contributed by atoms with Crippen LogP contribution in [0.25, 0.3) is 0 Å². The molecule has 0 aliphatic heterocycles. The molecule has 2 heterocycles. The average Bonchev–Trinajstić information content (AvgIpc) is 3.19. The van der Waals surface area contributed by atoms with Crippen LogP contribution in [0.15, 0.2) is 6.07 Å². The minimum absolute atomic E-state index is 0.0479. The maximum absolute atomic E-state index is 12.9. The summed E-state index contributed by atoms with van der Waals surface area (Å²) in [6, 6.07) is 0.589. The molecule has 0 fully saturated rings. The smallest absolute Gasteiger partial charge is 0.433 e. The summed E-state index contributed by atoms with van der Waals surface area (Å²) in [5.74, 6) is -2.48. The Morgan fingerprint density at radius 1 is 1.28 bits per heavy atom. The number of ether oxygens (including phenoxy) is 2. The van der Waals surface area contributed by atoms with E-state index >= 15 is 0 Å². The number of anilines is 1. The summed E-state index contributed by atoms with van der Waals surface area (Å²) in [4.78, 5) is 36.8. The third-order valence-electron chi connectivity index (χ3n) is 3.79. The first kappa shape index (κ1) is 22.4. The molecule has 0 unspecified atom stereocenters. The number of alkyl halides is 3. The normalized spacial score (nSPS) is 11.3. The fourth-order valence-electron chi connectivity index (χ4n) is 2.41. The lowest BCUT2D eigenvalue weighted by molar-refractivity contribution is -0.143. The van der Waals surface area contributed by atoms with Crippen LogP contribution in [0, 0.1) is 6.92 Å². The van der Waals surface area contributed by atoms with Crippen molar-refractivity contribution in [2.24, 2.45) is 7.05 Å². The third kappa shape index (κ3) is 4.75. The number of hydrogen-bond acceptors (Lipinski definition) is 7. The first-order valence-corrected chi connectivity index (χ1v) is 9.14. The van der Waals surface area contributed by atoms with E-state index < -0.39 is 35.4 Å². The minimum Gasteiger partial charge on any atom is -0.465 e. The van der Waals surface area contributed by atoms with Crippen LogP contribution in [0.4, 0.5) is 18.2 Å². The van der Waals surface area contributed by atoms with Crippen molar-refractivity contribution in [3.05, 3.63) is 33.5 Å². The molecule has 0 saturated heterocycles. The molecule has 0 bridgehead atoms. The third-order valence-corrected chi connectivity index (χ3v) is 4.98. The largest absolute Gasteiger partial charge is 0.465 e. The number of nitrogens with zero attached hydrogens (tertiary/aromatic N) is 2. The Morgan fingerprint density at radius 2 is 1.93 bits per heavy atom. The molecule has 0 spiro atoms. The minimum atomic E-state index is -4.69. The Morgan fingerprint density at radius 3 is 2.45 bits per heavy atom. The topological polar surface area (TPSA) is 99.5 Å². The lowest BCUT2D eigenvalue weighted by Crippen LogP contribution is -2.16. The van der Waals surface area contributed by atoms with E-state index in [1.165, 1.54) is 6.92 Å². The second-order valence-corrected chi connectivity index (χ2v) is 6.90. The van der Waals surface area contributed by atoms with Gasteiger partial charge in [0.05, 0.1) is 19.3 Å². The van der Waals surface area contributed by atoms with Gasteiger partial charge >= 0.3 is 18.1 Å².